The van der Waals surface area contributed by atoms with E-state index in [1.54, 1.807) is 18.4 Å². The molecule has 0 aliphatic carbocycles. The maximum Gasteiger partial charge on any atom is 0.226 e. The van der Waals surface area contributed by atoms with Gasteiger partial charge in [-0.1, -0.05) is 42.5 Å². The van der Waals surface area contributed by atoms with Gasteiger partial charge in [-0.3, -0.25) is 4.79 Å². The van der Waals surface area contributed by atoms with Gasteiger partial charge < -0.3 is 10.1 Å². The van der Waals surface area contributed by atoms with Gasteiger partial charge in [0.25, 0.3) is 0 Å². The average molecular weight is 352 g/mol. The summed E-state index contributed by atoms with van der Waals surface area (Å²) in [5, 5.41) is 5.92. The number of carbonyl (C=O) groups excluding carboxylic acids is 1. The summed E-state index contributed by atoms with van der Waals surface area (Å²) < 4.78 is 5.12. The van der Waals surface area contributed by atoms with E-state index in [9.17, 15) is 4.79 Å². The third-order valence-electron chi connectivity index (χ3n) is 3.79. The second-order valence-corrected chi connectivity index (χ2v) is 6.64. The van der Waals surface area contributed by atoms with Crippen molar-refractivity contribution in [3.05, 3.63) is 81.8 Å². The largest absolute Gasteiger partial charge is 0.497 e. The van der Waals surface area contributed by atoms with Gasteiger partial charge in [0.05, 0.1) is 24.2 Å². The molecule has 0 aliphatic rings. The van der Waals surface area contributed by atoms with Crippen molar-refractivity contribution in [2.45, 2.75) is 19.4 Å². The minimum absolute atomic E-state index is 0.0209. The van der Waals surface area contributed by atoms with Gasteiger partial charge >= 0.3 is 0 Å². The molecular formula is C20H20N2O2S. The third kappa shape index (κ3) is 5.16. The van der Waals surface area contributed by atoms with E-state index in [4.69, 9.17) is 4.74 Å². The van der Waals surface area contributed by atoms with Crippen LogP contribution in [0.5, 0.6) is 5.75 Å². The van der Waals surface area contributed by atoms with E-state index in [-0.39, 0.29) is 5.91 Å². The van der Waals surface area contributed by atoms with E-state index >= 15 is 0 Å². The predicted molar refractivity (Wildman–Crippen MR) is 99.9 cm³/mol. The quantitative estimate of drug-likeness (QED) is 0.707. The zero-order valence-corrected chi connectivity index (χ0v) is 14.9. The van der Waals surface area contributed by atoms with Crippen molar-refractivity contribution < 1.29 is 9.53 Å². The van der Waals surface area contributed by atoms with Gasteiger partial charge in [0.15, 0.2) is 0 Å². The summed E-state index contributed by atoms with van der Waals surface area (Å²) in [6.07, 6.45) is 1.11. The van der Waals surface area contributed by atoms with E-state index in [2.05, 4.69) is 22.4 Å². The van der Waals surface area contributed by atoms with Crippen molar-refractivity contribution in [3.8, 4) is 5.75 Å². The Morgan fingerprint density at radius 2 is 1.84 bits per heavy atom. The van der Waals surface area contributed by atoms with Gasteiger partial charge in [0, 0.05) is 18.3 Å². The van der Waals surface area contributed by atoms with E-state index in [0.717, 1.165) is 28.4 Å². The molecule has 2 aromatic carbocycles. The Morgan fingerprint density at radius 1 is 1.08 bits per heavy atom. The number of ether oxygens (including phenoxy) is 1. The van der Waals surface area contributed by atoms with Crippen LogP contribution in [0.15, 0.2) is 60.0 Å². The summed E-state index contributed by atoms with van der Waals surface area (Å²) in [6, 6.07) is 17.9. The fourth-order valence-electron chi connectivity index (χ4n) is 2.45. The van der Waals surface area contributed by atoms with Crippen LogP contribution in [0.1, 0.15) is 21.8 Å². The SMILES string of the molecule is COc1ccc(CNC(=O)Cc2csc(Cc3ccccc3)n2)cc1. The fraction of sp³-hybridized carbons (Fsp3) is 0.200. The maximum atomic E-state index is 12.1. The Labute approximate surface area is 151 Å². The smallest absolute Gasteiger partial charge is 0.226 e. The number of thiazole rings is 1. The topological polar surface area (TPSA) is 51.2 Å². The number of methoxy groups -OCH3 is 1. The van der Waals surface area contributed by atoms with Crippen LogP contribution in [0.25, 0.3) is 0 Å². The van der Waals surface area contributed by atoms with Crippen LogP contribution in [0.2, 0.25) is 0 Å². The molecule has 128 valence electrons. The molecule has 1 N–H and O–H groups in total. The Bertz CT molecular complexity index is 813. The zero-order valence-electron chi connectivity index (χ0n) is 14.1. The minimum Gasteiger partial charge on any atom is -0.497 e. The monoisotopic (exact) mass is 352 g/mol. The minimum atomic E-state index is -0.0209. The Balaban J connectivity index is 1.49. The summed E-state index contributed by atoms with van der Waals surface area (Å²) in [5.74, 6) is 0.788. The van der Waals surface area contributed by atoms with Crippen LogP contribution >= 0.6 is 11.3 Å². The average Bonchev–Trinajstić information content (AvgIpc) is 3.08. The molecule has 1 amide bonds. The van der Waals surface area contributed by atoms with Crippen molar-refractivity contribution in [3.63, 3.8) is 0 Å². The lowest BCUT2D eigenvalue weighted by Crippen LogP contribution is -2.24. The summed E-state index contributed by atoms with van der Waals surface area (Å²) in [5.41, 5.74) is 3.09. The van der Waals surface area contributed by atoms with Gasteiger partial charge in [-0.2, -0.15) is 0 Å². The molecule has 1 aromatic heterocycles. The zero-order chi connectivity index (χ0) is 17.5. The van der Waals surface area contributed by atoms with Gasteiger partial charge in [-0.15, -0.1) is 11.3 Å². The van der Waals surface area contributed by atoms with Gasteiger partial charge in [0.1, 0.15) is 5.75 Å². The molecule has 3 rings (SSSR count). The molecule has 0 saturated carbocycles. The number of carbonyl (C=O) groups is 1. The highest BCUT2D eigenvalue weighted by Crippen LogP contribution is 2.15. The van der Waals surface area contributed by atoms with Crippen LogP contribution in [0.3, 0.4) is 0 Å². The van der Waals surface area contributed by atoms with Crippen molar-refractivity contribution in [1.29, 1.82) is 0 Å². The molecule has 0 radical (unpaired) electrons. The molecule has 0 saturated heterocycles. The van der Waals surface area contributed by atoms with Gasteiger partial charge in [-0.05, 0) is 23.3 Å². The number of hydrogen-bond donors (Lipinski definition) is 1. The van der Waals surface area contributed by atoms with Crippen LogP contribution in [-0.2, 0) is 24.2 Å². The molecule has 0 atom stereocenters. The summed E-state index contributed by atoms with van der Waals surface area (Å²) in [7, 11) is 1.64. The van der Waals surface area contributed by atoms with Gasteiger partial charge in [-0.25, -0.2) is 4.98 Å². The predicted octanol–water partition coefficient (Wildman–Crippen LogP) is 3.60. The summed E-state index contributed by atoms with van der Waals surface area (Å²) in [6.45, 7) is 0.504. The van der Waals surface area contributed by atoms with E-state index in [0.29, 0.717) is 13.0 Å². The van der Waals surface area contributed by atoms with E-state index in [1.807, 2.05) is 47.8 Å². The first-order chi connectivity index (χ1) is 12.2. The Hall–Kier alpha value is -2.66. The summed E-state index contributed by atoms with van der Waals surface area (Å²) >= 11 is 1.60. The molecule has 3 aromatic rings. The van der Waals surface area contributed by atoms with Crippen molar-refractivity contribution in [1.82, 2.24) is 10.3 Å². The number of hydrogen-bond acceptors (Lipinski definition) is 4. The number of benzene rings is 2. The number of nitrogens with one attached hydrogen (secondary N) is 1. The maximum absolute atomic E-state index is 12.1. The van der Waals surface area contributed by atoms with E-state index in [1.165, 1.54) is 5.56 Å². The molecule has 25 heavy (non-hydrogen) atoms. The number of amides is 1. The lowest BCUT2D eigenvalue weighted by molar-refractivity contribution is -0.120. The molecule has 0 fully saturated rings. The molecule has 1 heterocycles. The highest BCUT2D eigenvalue weighted by Gasteiger charge is 2.08. The first-order valence-corrected chi connectivity index (χ1v) is 8.98. The van der Waals surface area contributed by atoms with Crippen LogP contribution < -0.4 is 10.1 Å². The lowest BCUT2D eigenvalue weighted by Gasteiger charge is -2.05. The van der Waals surface area contributed by atoms with Crippen LogP contribution in [0, 0.1) is 0 Å². The molecule has 4 nitrogen and oxygen atoms in total. The van der Waals surface area contributed by atoms with Gasteiger partial charge in [0.2, 0.25) is 5.91 Å². The first kappa shape index (κ1) is 17.2. The third-order valence-corrected chi connectivity index (χ3v) is 4.69. The molecule has 0 aliphatic heterocycles. The van der Waals surface area contributed by atoms with Crippen LogP contribution in [-0.4, -0.2) is 18.0 Å². The lowest BCUT2D eigenvalue weighted by atomic mass is 10.2. The second kappa shape index (κ2) is 8.44. The number of aromatic nitrogens is 1. The standard InChI is InChI=1S/C20H20N2O2S/c1-24-18-9-7-16(8-10-18)13-21-19(23)12-17-14-25-20(22-17)11-15-5-3-2-4-6-15/h2-10,14H,11-13H2,1H3,(H,21,23). The van der Waals surface area contributed by atoms with Crippen LogP contribution in [0.4, 0.5) is 0 Å². The molecule has 0 spiro atoms. The highest BCUT2D eigenvalue weighted by molar-refractivity contribution is 7.09. The van der Waals surface area contributed by atoms with E-state index < -0.39 is 0 Å². The Kier molecular flexibility index (Phi) is 5.80. The fourth-order valence-corrected chi connectivity index (χ4v) is 3.28. The molecule has 0 unspecified atom stereocenters. The Morgan fingerprint density at radius 3 is 2.56 bits per heavy atom. The highest BCUT2D eigenvalue weighted by atomic mass is 32.1. The molecular weight excluding hydrogens is 332 g/mol. The van der Waals surface area contributed by atoms with Crippen molar-refractivity contribution in [2.24, 2.45) is 0 Å². The molecule has 0 bridgehead atoms. The normalized spacial score (nSPS) is 10.4. The summed E-state index contributed by atoms with van der Waals surface area (Å²) in [4.78, 5) is 16.7. The molecule has 5 heteroatoms. The first-order valence-electron chi connectivity index (χ1n) is 8.10. The second-order valence-electron chi connectivity index (χ2n) is 5.70. The van der Waals surface area contributed by atoms with Crippen molar-refractivity contribution >= 4 is 17.2 Å². The van der Waals surface area contributed by atoms with Crippen molar-refractivity contribution in [2.75, 3.05) is 7.11 Å². The number of nitrogens with zero attached hydrogens (tertiary/aromatic N) is 1. The number of rotatable bonds is 7.